The van der Waals surface area contributed by atoms with E-state index in [1.54, 1.807) is 5.38 Å². The molecular weight excluding hydrogens is 396 g/mol. The summed E-state index contributed by atoms with van der Waals surface area (Å²) in [6.07, 6.45) is 1.35. The Hall–Kier alpha value is -3.02. The number of benzene rings is 1. The van der Waals surface area contributed by atoms with Gasteiger partial charge in [-0.05, 0) is 5.92 Å². The Balaban J connectivity index is 1.85. The third kappa shape index (κ3) is 4.63. The summed E-state index contributed by atoms with van der Waals surface area (Å²) in [5.41, 5.74) is 4.03. The molecule has 0 bridgehead atoms. The van der Waals surface area contributed by atoms with Crippen LogP contribution in [0.5, 0.6) is 0 Å². The van der Waals surface area contributed by atoms with Crippen molar-refractivity contribution < 1.29 is 4.79 Å². The van der Waals surface area contributed by atoms with Crippen LogP contribution in [0.4, 0.5) is 5.82 Å². The quantitative estimate of drug-likeness (QED) is 0.616. The number of thiazole rings is 1. The summed E-state index contributed by atoms with van der Waals surface area (Å²) in [6.45, 7) is 4.44. The molecule has 9 heteroatoms. The van der Waals surface area contributed by atoms with Crippen molar-refractivity contribution in [2.45, 2.75) is 13.8 Å². The van der Waals surface area contributed by atoms with Crippen LogP contribution in [0.15, 0.2) is 41.9 Å². The first-order chi connectivity index (χ1) is 13.5. The number of carbonyl (C=O) groups is 1. The van der Waals surface area contributed by atoms with E-state index in [0.717, 1.165) is 10.6 Å². The summed E-state index contributed by atoms with van der Waals surface area (Å²) in [6, 6.07) is 11.5. The monoisotopic (exact) mass is 412 g/mol. The van der Waals surface area contributed by atoms with Gasteiger partial charge in [-0.15, -0.1) is 11.3 Å². The molecule has 3 aromatic rings. The lowest BCUT2D eigenvalue weighted by atomic mass is 10.2. The molecule has 0 unspecified atom stereocenters. The smallest absolute Gasteiger partial charge is 0.266 e. The van der Waals surface area contributed by atoms with Crippen LogP contribution >= 0.6 is 22.9 Å². The fraction of sp³-hybridized carbons (Fsp3) is 0.211. The number of hydrazine groups is 1. The summed E-state index contributed by atoms with van der Waals surface area (Å²) in [5, 5.41) is 13.3. The van der Waals surface area contributed by atoms with Gasteiger partial charge in [0.2, 0.25) is 5.82 Å². The van der Waals surface area contributed by atoms with Crippen LogP contribution in [-0.2, 0) is 0 Å². The molecule has 1 aromatic carbocycles. The van der Waals surface area contributed by atoms with E-state index in [1.807, 2.05) is 50.2 Å². The normalized spacial score (nSPS) is 10.5. The Labute approximate surface area is 171 Å². The average Bonchev–Trinajstić information content (AvgIpc) is 3.18. The highest BCUT2D eigenvalue weighted by Crippen LogP contribution is 2.25. The first-order valence-electron chi connectivity index (χ1n) is 8.50. The highest BCUT2D eigenvalue weighted by atomic mass is 35.5. The number of nitrogens with zero attached hydrogens (tertiary/aromatic N) is 5. The van der Waals surface area contributed by atoms with Gasteiger partial charge in [-0.2, -0.15) is 10.2 Å². The third-order valence-corrected chi connectivity index (χ3v) is 4.78. The summed E-state index contributed by atoms with van der Waals surface area (Å²) in [5.74, 6) is 0.0654. The van der Waals surface area contributed by atoms with Crippen LogP contribution in [0.2, 0.25) is 5.02 Å². The molecule has 0 aliphatic rings. The second-order valence-corrected chi connectivity index (χ2v) is 7.59. The number of amides is 1. The van der Waals surface area contributed by atoms with E-state index in [-0.39, 0.29) is 28.5 Å². The molecule has 0 spiro atoms. The van der Waals surface area contributed by atoms with Crippen LogP contribution in [0.1, 0.15) is 30.2 Å². The van der Waals surface area contributed by atoms with Crippen LogP contribution in [-0.4, -0.2) is 27.4 Å². The van der Waals surface area contributed by atoms with Gasteiger partial charge in [0, 0.05) is 17.5 Å². The fourth-order valence-electron chi connectivity index (χ4n) is 2.42. The Bertz CT molecular complexity index is 1010. The minimum atomic E-state index is -0.382. The highest BCUT2D eigenvalue weighted by molar-refractivity contribution is 7.13. The van der Waals surface area contributed by atoms with Gasteiger partial charge in [0.1, 0.15) is 21.8 Å². The Kier molecular flexibility index (Phi) is 6.19. The van der Waals surface area contributed by atoms with Crippen molar-refractivity contribution in [3.05, 3.63) is 58.4 Å². The maximum absolute atomic E-state index is 12.8. The minimum absolute atomic E-state index is 0.0255. The topological polar surface area (TPSA) is 94.8 Å². The molecule has 3 rings (SSSR count). The second kappa shape index (κ2) is 8.78. The van der Waals surface area contributed by atoms with Crippen molar-refractivity contribution in [2.24, 2.45) is 5.92 Å². The number of rotatable bonds is 6. The zero-order valence-electron chi connectivity index (χ0n) is 15.3. The molecule has 2 heterocycles. The lowest BCUT2D eigenvalue weighted by Crippen LogP contribution is -2.45. The van der Waals surface area contributed by atoms with Crippen LogP contribution in [0, 0.1) is 17.2 Å². The van der Waals surface area contributed by atoms with Crippen LogP contribution < -0.4 is 10.4 Å². The maximum atomic E-state index is 12.8. The summed E-state index contributed by atoms with van der Waals surface area (Å²) < 4.78 is 0. The zero-order chi connectivity index (χ0) is 20.1. The molecule has 1 N–H and O–H groups in total. The average molecular weight is 413 g/mol. The van der Waals surface area contributed by atoms with E-state index in [0.29, 0.717) is 12.2 Å². The number of nitriles is 1. The van der Waals surface area contributed by atoms with E-state index in [4.69, 9.17) is 16.9 Å². The molecule has 0 saturated carbocycles. The first-order valence-corrected chi connectivity index (χ1v) is 9.75. The summed E-state index contributed by atoms with van der Waals surface area (Å²) in [7, 11) is 0. The van der Waals surface area contributed by atoms with Gasteiger partial charge >= 0.3 is 0 Å². The van der Waals surface area contributed by atoms with Gasteiger partial charge < -0.3 is 0 Å². The predicted octanol–water partition coefficient (Wildman–Crippen LogP) is 3.93. The Morgan fingerprint density at radius 2 is 2.07 bits per heavy atom. The minimum Gasteiger partial charge on any atom is -0.266 e. The number of nitrogens with one attached hydrogen (secondary N) is 1. The Morgan fingerprint density at radius 1 is 1.32 bits per heavy atom. The number of hydrogen-bond acceptors (Lipinski definition) is 7. The summed E-state index contributed by atoms with van der Waals surface area (Å²) in [4.78, 5) is 25.2. The molecule has 0 aliphatic heterocycles. The molecule has 0 radical (unpaired) electrons. The van der Waals surface area contributed by atoms with Gasteiger partial charge in [0.05, 0.1) is 6.20 Å². The first kappa shape index (κ1) is 19.7. The van der Waals surface area contributed by atoms with Crippen molar-refractivity contribution in [3.63, 3.8) is 0 Å². The van der Waals surface area contributed by atoms with Crippen molar-refractivity contribution in [3.8, 4) is 16.6 Å². The van der Waals surface area contributed by atoms with E-state index >= 15 is 0 Å². The maximum Gasteiger partial charge on any atom is 0.289 e. The number of carbonyl (C=O) groups excluding carboxylic acids is 1. The second-order valence-electron chi connectivity index (χ2n) is 6.33. The molecule has 2 aromatic heterocycles. The van der Waals surface area contributed by atoms with E-state index in [9.17, 15) is 4.79 Å². The van der Waals surface area contributed by atoms with Gasteiger partial charge in [0.15, 0.2) is 5.82 Å². The molecule has 0 atom stereocenters. The Morgan fingerprint density at radius 3 is 2.75 bits per heavy atom. The van der Waals surface area contributed by atoms with Gasteiger partial charge in [-0.1, -0.05) is 55.8 Å². The lowest BCUT2D eigenvalue weighted by Gasteiger charge is -2.26. The number of anilines is 1. The number of hydrogen-bond donors (Lipinski definition) is 1. The fourth-order valence-corrected chi connectivity index (χ4v) is 3.42. The molecular formula is C19H17ClN6OS. The predicted molar refractivity (Wildman–Crippen MR) is 109 cm³/mol. The molecule has 1 amide bonds. The lowest BCUT2D eigenvalue weighted by molar-refractivity contribution is 0.0943. The van der Waals surface area contributed by atoms with Crippen molar-refractivity contribution >= 4 is 34.7 Å². The number of halogens is 1. The van der Waals surface area contributed by atoms with E-state index in [2.05, 4.69) is 20.4 Å². The third-order valence-electron chi connectivity index (χ3n) is 3.62. The highest BCUT2D eigenvalue weighted by Gasteiger charge is 2.20. The molecule has 0 saturated heterocycles. The molecule has 0 fully saturated rings. The van der Waals surface area contributed by atoms with Crippen LogP contribution in [0.25, 0.3) is 10.6 Å². The standard InChI is InChI=1S/C19H17ClN6OS/c1-12(2)10-26(17-14(20)9-22-16(8-21)24-17)25-18(27)15-11-28-19(23-15)13-6-4-3-5-7-13/h3-7,9,11-12H,10H2,1-2H3,(H,25,27). The van der Waals surface area contributed by atoms with Crippen molar-refractivity contribution in [1.29, 1.82) is 5.26 Å². The van der Waals surface area contributed by atoms with Gasteiger partial charge in [0.25, 0.3) is 5.91 Å². The van der Waals surface area contributed by atoms with E-state index in [1.165, 1.54) is 22.5 Å². The SMILES string of the molecule is CC(C)CN(NC(=O)c1csc(-c2ccccc2)n1)c1nc(C#N)ncc1Cl. The number of aromatic nitrogens is 3. The van der Waals surface area contributed by atoms with Crippen LogP contribution in [0.3, 0.4) is 0 Å². The van der Waals surface area contributed by atoms with Crippen molar-refractivity contribution in [2.75, 3.05) is 11.6 Å². The molecule has 28 heavy (non-hydrogen) atoms. The zero-order valence-corrected chi connectivity index (χ0v) is 16.8. The van der Waals surface area contributed by atoms with Gasteiger partial charge in [-0.25, -0.2) is 9.97 Å². The summed E-state index contributed by atoms with van der Waals surface area (Å²) >= 11 is 7.60. The van der Waals surface area contributed by atoms with E-state index < -0.39 is 0 Å². The molecule has 0 aliphatic carbocycles. The van der Waals surface area contributed by atoms with Crippen molar-refractivity contribution in [1.82, 2.24) is 20.4 Å². The van der Waals surface area contributed by atoms with Gasteiger partial charge in [-0.3, -0.25) is 15.2 Å². The largest absolute Gasteiger partial charge is 0.289 e. The molecule has 7 nitrogen and oxygen atoms in total. The molecule has 142 valence electrons.